The molecule has 2 unspecified atom stereocenters. The predicted octanol–water partition coefficient (Wildman–Crippen LogP) is 2.53. The first-order chi connectivity index (χ1) is 9.38. The summed E-state index contributed by atoms with van der Waals surface area (Å²) in [6.45, 7) is 3.21. The molecule has 19 heavy (non-hydrogen) atoms. The van der Waals surface area contributed by atoms with Crippen LogP contribution in [-0.4, -0.2) is 34.2 Å². The maximum absolute atomic E-state index is 5.43. The molecule has 0 bridgehead atoms. The predicted molar refractivity (Wildman–Crippen MR) is 74.1 cm³/mol. The van der Waals surface area contributed by atoms with Gasteiger partial charge in [-0.15, -0.1) is 0 Å². The van der Waals surface area contributed by atoms with Crippen LogP contribution < -0.4 is 5.32 Å². The van der Waals surface area contributed by atoms with E-state index in [4.69, 9.17) is 8.94 Å². The standard InChI is InChI=1S/C13H17N3O2S/c1-2-4-14-11-8-19-7-10(11)13-15-12(16-18-13)9-3-5-17-6-9/h3,5-6,10-11,14H,2,4,7-8H2,1H3. The van der Waals surface area contributed by atoms with E-state index in [9.17, 15) is 0 Å². The van der Waals surface area contributed by atoms with Crippen LogP contribution in [0.15, 0.2) is 27.5 Å². The quantitative estimate of drug-likeness (QED) is 0.907. The Kier molecular flexibility index (Phi) is 3.89. The van der Waals surface area contributed by atoms with Crippen molar-refractivity contribution in [1.82, 2.24) is 15.5 Å². The fraction of sp³-hybridized carbons (Fsp3) is 0.538. The molecule has 0 aliphatic carbocycles. The highest BCUT2D eigenvalue weighted by molar-refractivity contribution is 7.99. The molecule has 0 aromatic carbocycles. The molecule has 1 aliphatic rings. The highest BCUT2D eigenvalue weighted by Crippen LogP contribution is 2.33. The first kappa shape index (κ1) is 12.7. The van der Waals surface area contributed by atoms with Gasteiger partial charge in [-0.1, -0.05) is 12.1 Å². The van der Waals surface area contributed by atoms with Gasteiger partial charge in [0, 0.05) is 17.5 Å². The minimum atomic E-state index is 0.310. The lowest BCUT2D eigenvalue weighted by atomic mass is 10.0. The third kappa shape index (κ3) is 2.69. The first-order valence-electron chi connectivity index (χ1n) is 6.55. The number of nitrogens with one attached hydrogen (secondary N) is 1. The van der Waals surface area contributed by atoms with Gasteiger partial charge in [0.25, 0.3) is 0 Å². The third-order valence-electron chi connectivity index (χ3n) is 3.28. The first-order valence-corrected chi connectivity index (χ1v) is 7.71. The smallest absolute Gasteiger partial charge is 0.232 e. The van der Waals surface area contributed by atoms with Crippen LogP contribution in [0, 0.1) is 0 Å². The van der Waals surface area contributed by atoms with Crippen LogP contribution in [-0.2, 0) is 0 Å². The fourth-order valence-corrected chi connectivity index (χ4v) is 3.59. The van der Waals surface area contributed by atoms with Gasteiger partial charge in [-0.25, -0.2) is 0 Å². The van der Waals surface area contributed by atoms with Gasteiger partial charge in [-0.3, -0.25) is 0 Å². The lowest BCUT2D eigenvalue weighted by Crippen LogP contribution is -2.34. The fourth-order valence-electron chi connectivity index (χ4n) is 2.22. The van der Waals surface area contributed by atoms with Crippen molar-refractivity contribution in [3.63, 3.8) is 0 Å². The number of hydrogen-bond acceptors (Lipinski definition) is 6. The second-order valence-electron chi connectivity index (χ2n) is 4.67. The van der Waals surface area contributed by atoms with E-state index in [1.165, 1.54) is 0 Å². The molecule has 0 spiro atoms. The largest absolute Gasteiger partial charge is 0.472 e. The number of nitrogens with zero attached hydrogens (tertiary/aromatic N) is 2. The van der Waals surface area contributed by atoms with Gasteiger partial charge in [0.15, 0.2) is 0 Å². The zero-order valence-corrected chi connectivity index (χ0v) is 11.7. The number of rotatable bonds is 5. The minimum Gasteiger partial charge on any atom is -0.472 e. The number of thioether (sulfide) groups is 1. The van der Waals surface area contributed by atoms with Gasteiger partial charge in [-0.05, 0) is 19.0 Å². The van der Waals surface area contributed by atoms with Crippen LogP contribution in [0.4, 0.5) is 0 Å². The van der Waals surface area contributed by atoms with Crippen LogP contribution in [0.1, 0.15) is 25.2 Å². The topological polar surface area (TPSA) is 64.1 Å². The molecule has 6 heteroatoms. The Morgan fingerprint density at radius 2 is 2.42 bits per heavy atom. The van der Waals surface area contributed by atoms with Gasteiger partial charge in [0.05, 0.1) is 17.7 Å². The summed E-state index contributed by atoms with van der Waals surface area (Å²) in [6.07, 6.45) is 4.38. The molecule has 5 nitrogen and oxygen atoms in total. The van der Waals surface area contributed by atoms with Gasteiger partial charge >= 0.3 is 0 Å². The van der Waals surface area contributed by atoms with E-state index in [-0.39, 0.29) is 0 Å². The van der Waals surface area contributed by atoms with Crippen molar-refractivity contribution < 1.29 is 8.94 Å². The number of aromatic nitrogens is 2. The van der Waals surface area contributed by atoms with Crippen LogP contribution >= 0.6 is 11.8 Å². The molecular weight excluding hydrogens is 262 g/mol. The maximum atomic E-state index is 5.43. The zero-order chi connectivity index (χ0) is 13.1. The summed E-state index contributed by atoms with van der Waals surface area (Å²) in [5.41, 5.74) is 0.860. The van der Waals surface area contributed by atoms with Crippen molar-refractivity contribution in [3.8, 4) is 11.4 Å². The Hall–Kier alpha value is -1.27. The van der Waals surface area contributed by atoms with Crippen LogP contribution in [0.25, 0.3) is 11.4 Å². The van der Waals surface area contributed by atoms with Crippen molar-refractivity contribution in [2.45, 2.75) is 25.3 Å². The molecule has 0 amide bonds. The molecule has 3 heterocycles. The Balaban J connectivity index is 1.75. The van der Waals surface area contributed by atoms with Crippen LogP contribution in [0.2, 0.25) is 0 Å². The second-order valence-corrected chi connectivity index (χ2v) is 5.75. The summed E-state index contributed by atoms with van der Waals surface area (Å²) in [5.74, 6) is 3.79. The van der Waals surface area contributed by atoms with Gasteiger partial charge in [0.2, 0.25) is 11.7 Å². The lowest BCUT2D eigenvalue weighted by Gasteiger charge is -2.16. The summed E-state index contributed by atoms with van der Waals surface area (Å²) in [7, 11) is 0. The molecule has 2 aromatic rings. The van der Waals surface area contributed by atoms with E-state index >= 15 is 0 Å². The van der Waals surface area contributed by atoms with Gasteiger partial charge in [0.1, 0.15) is 6.26 Å². The zero-order valence-electron chi connectivity index (χ0n) is 10.8. The van der Waals surface area contributed by atoms with Crippen LogP contribution in [0.5, 0.6) is 0 Å². The summed E-state index contributed by atoms with van der Waals surface area (Å²) < 4.78 is 10.5. The molecule has 1 N–H and O–H groups in total. The summed E-state index contributed by atoms with van der Waals surface area (Å²) in [6, 6.07) is 2.27. The molecule has 1 saturated heterocycles. The van der Waals surface area contributed by atoms with E-state index in [1.54, 1.807) is 12.5 Å². The van der Waals surface area contributed by atoms with Crippen molar-refractivity contribution in [1.29, 1.82) is 0 Å². The van der Waals surface area contributed by atoms with E-state index in [0.717, 1.165) is 35.9 Å². The molecule has 1 fully saturated rings. The molecule has 0 saturated carbocycles. The molecule has 102 valence electrons. The average molecular weight is 279 g/mol. The maximum Gasteiger partial charge on any atom is 0.232 e. The normalized spacial score (nSPS) is 23.0. The molecule has 1 aliphatic heterocycles. The van der Waals surface area contributed by atoms with E-state index in [1.807, 2.05) is 17.8 Å². The highest BCUT2D eigenvalue weighted by Gasteiger charge is 2.33. The van der Waals surface area contributed by atoms with Gasteiger partial charge in [-0.2, -0.15) is 16.7 Å². The van der Waals surface area contributed by atoms with E-state index in [0.29, 0.717) is 17.8 Å². The third-order valence-corrected chi connectivity index (χ3v) is 4.46. The monoisotopic (exact) mass is 279 g/mol. The van der Waals surface area contributed by atoms with E-state index < -0.39 is 0 Å². The molecule has 3 rings (SSSR count). The molecule has 2 atom stereocenters. The summed E-state index contributed by atoms with van der Waals surface area (Å²) >= 11 is 1.93. The van der Waals surface area contributed by atoms with E-state index in [2.05, 4.69) is 22.4 Å². The molecule has 0 radical (unpaired) electrons. The Morgan fingerprint density at radius 3 is 3.21 bits per heavy atom. The van der Waals surface area contributed by atoms with Crippen molar-refractivity contribution in [2.24, 2.45) is 0 Å². The summed E-state index contributed by atoms with van der Waals surface area (Å²) in [4.78, 5) is 4.50. The van der Waals surface area contributed by atoms with Crippen LogP contribution in [0.3, 0.4) is 0 Å². The molecular formula is C13H17N3O2S. The Morgan fingerprint density at radius 1 is 1.47 bits per heavy atom. The Bertz CT molecular complexity index is 512. The number of hydrogen-bond donors (Lipinski definition) is 1. The van der Waals surface area contributed by atoms with Crippen molar-refractivity contribution in [3.05, 3.63) is 24.5 Å². The SMILES string of the molecule is CCCNC1CSCC1c1nc(-c2ccoc2)no1. The van der Waals surface area contributed by atoms with Crippen molar-refractivity contribution >= 4 is 11.8 Å². The minimum absolute atomic E-state index is 0.310. The highest BCUT2D eigenvalue weighted by atomic mass is 32.2. The Labute approximate surface area is 116 Å². The molecule has 2 aromatic heterocycles. The van der Waals surface area contributed by atoms with Crippen molar-refractivity contribution in [2.75, 3.05) is 18.1 Å². The summed E-state index contributed by atoms with van der Waals surface area (Å²) in [5, 5.41) is 7.59. The lowest BCUT2D eigenvalue weighted by molar-refractivity contribution is 0.339. The van der Waals surface area contributed by atoms with Gasteiger partial charge < -0.3 is 14.3 Å². The average Bonchev–Trinajstić information content (AvgIpc) is 3.14. The number of furan rings is 1. The second kappa shape index (κ2) is 5.79.